The smallest absolute Gasteiger partial charge is 0.306 e. The van der Waals surface area contributed by atoms with Gasteiger partial charge in [0, 0.05) is 11.3 Å². The van der Waals surface area contributed by atoms with Crippen LogP contribution in [-0.4, -0.2) is 21.7 Å². The van der Waals surface area contributed by atoms with Crippen molar-refractivity contribution in [1.29, 1.82) is 0 Å². The Morgan fingerprint density at radius 1 is 1.32 bits per heavy atom. The summed E-state index contributed by atoms with van der Waals surface area (Å²) in [7, 11) is 0. The van der Waals surface area contributed by atoms with E-state index in [1.807, 2.05) is 13.8 Å². The van der Waals surface area contributed by atoms with E-state index in [-0.39, 0.29) is 24.2 Å². The van der Waals surface area contributed by atoms with Crippen molar-refractivity contribution in [2.45, 2.75) is 46.6 Å². The van der Waals surface area contributed by atoms with Crippen LogP contribution in [0, 0.1) is 13.8 Å². The molecule has 0 aliphatic carbocycles. The second-order valence-electron chi connectivity index (χ2n) is 5.25. The maximum absolute atomic E-state index is 12.2. The normalized spacial score (nSPS) is 12.4. The molecule has 0 saturated carbocycles. The number of ketones is 1. The third-order valence-electron chi connectivity index (χ3n) is 3.43. The summed E-state index contributed by atoms with van der Waals surface area (Å²) in [6.07, 6.45) is -0.486. The molecule has 1 atom stereocenters. The van der Waals surface area contributed by atoms with Gasteiger partial charge in [0.15, 0.2) is 11.9 Å². The summed E-state index contributed by atoms with van der Waals surface area (Å²) in [6.45, 7) is 6.89. The highest BCUT2D eigenvalue weighted by molar-refractivity contribution is 7.18. The number of aromatic amines is 1. The van der Waals surface area contributed by atoms with Gasteiger partial charge in [0.1, 0.15) is 10.6 Å². The highest BCUT2D eigenvalue weighted by atomic mass is 32.1. The summed E-state index contributed by atoms with van der Waals surface area (Å²) in [5.74, 6) is -0.235. The Kier molecular flexibility index (Phi) is 4.75. The second kappa shape index (κ2) is 6.39. The van der Waals surface area contributed by atoms with E-state index >= 15 is 0 Å². The first kappa shape index (κ1) is 16.4. The number of ether oxygens (including phenoxy) is 1. The Balaban J connectivity index is 2.22. The summed E-state index contributed by atoms with van der Waals surface area (Å²) in [5, 5.41) is 0.585. The van der Waals surface area contributed by atoms with Gasteiger partial charge in [-0.15, -0.1) is 11.3 Å². The molecule has 1 N–H and O–H groups in total. The molecule has 0 fully saturated rings. The average molecular weight is 322 g/mol. The van der Waals surface area contributed by atoms with E-state index in [9.17, 15) is 14.4 Å². The predicted octanol–water partition coefficient (Wildman–Crippen LogP) is 2.57. The van der Waals surface area contributed by atoms with Crippen LogP contribution in [0.3, 0.4) is 0 Å². The van der Waals surface area contributed by atoms with Gasteiger partial charge in [0.25, 0.3) is 5.56 Å². The fourth-order valence-electron chi connectivity index (χ4n) is 2.05. The largest absolute Gasteiger partial charge is 0.454 e. The van der Waals surface area contributed by atoms with Crippen LogP contribution >= 0.6 is 11.3 Å². The second-order valence-corrected chi connectivity index (χ2v) is 6.45. The standard InChI is InChI=1S/C15H18N2O4S/c1-7(18)5-6-11(19)21-9(3)13-16-14(20)12-8(2)10(4)22-15(12)17-13/h9H,5-6H2,1-4H3,(H,16,17,20)/t9-/m1/s1. The van der Waals surface area contributed by atoms with Crippen LogP contribution < -0.4 is 5.56 Å². The summed E-state index contributed by atoms with van der Waals surface area (Å²) in [4.78, 5) is 43.4. The minimum atomic E-state index is -0.667. The quantitative estimate of drug-likeness (QED) is 0.855. The molecule has 2 aromatic rings. The van der Waals surface area contributed by atoms with Crippen LogP contribution in [-0.2, 0) is 14.3 Å². The van der Waals surface area contributed by atoms with Crippen molar-refractivity contribution >= 4 is 33.3 Å². The fraction of sp³-hybridized carbons (Fsp3) is 0.467. The van der Waals surface area contributed by atoms with Gasteiger partial charge in [-0.2, -0.15) is 0 Å². The van der Waals surface area contributed by atoms with E-state index in [1.54, 1.807) is 6.92 Å². The number of aromatic nitrogens is 2. The van der Waals surface area contributed by atoms with Crippen LogP contribution in [0.1, 0.15) is 49.1 Å². The lowest BCUT2D eigenvalue weighted by atomic mass is 10.2. The number of H-pyrrole nitrogens is 1. The van der Waals surface area contributed by atoms with E-state index in [1.165, 1.54) is 18.3 Å². The average Bonchev–Trinajstić information content (AvgIpc) is 2.72. The number of aryl methyl sites for hydroxylation is 2. The molecule has 0 unspecified atom stereocenters. The molecule has 118 valence electrons. The molecule has 22 heavy (non-hydrogen) atoms. The van der Waals surface area contributed by atoms with Crippen LogP contribution in [0.5, 0.6) is 0 Å². The van der Waals surface area contributed by atoms with Crippen LogP contribution in [0.25, 0.3) is 10.2 Å². The van der Waals surface area contributed by atoms with E-state index in [2.05, 4.69) is 9.97 Å². The van der Waals surface area contributed by atoms with Crippen molar-refractivity contribution in [1.82, 2.24) is 9.97 Å². The number of hydrogen-bond donors (Lipinski definition) is 1. The first-order valence-corrected chi connectivity index (χ1v) is 7.80. The van der Waals surface area contributed by atoms with E-state index in [0.29, 0.717) is 16.0 Å². The Bertz CT molecular complexity index is 791. The number of hydrogen-bond acceptors (Lipinski definition) is 6. The van der Waals surface area contributed by atoms with Crippen molar-refractivity contribution in [2.24, 2.45) is 0 Å². The maximum atomic E-state index is 12.2. The van der Waals surface area contributed by atoms with Gasteiger partial charge >= 0.3 is 5.97 Å². The van der Waals surface area contributed by atoms with E-state index < -0.39 is 12.1 Å². The zero-order chi connectivity index (χ0) is 16.4. The molecular formula is C15H18N2O4S. The Morgan fingerprint density at radius 2 is 2.00 bits per heavy atom. The van der Waals surface area contributed by atoms with Crippen LogP contribution in [0.4, 0.5) is 0 Å². The van der Waals surface area contributed by atoms with Crippen molar-refractivity contribution < 1.29 is 14.3 Å². The molecule has 2 aromatic heterocycles. The summed E-state index contributed by atoms with van der Waals surface area (Å²) in [5.41, 5.74) is 0.694. The number of Topliss-reactive ketones (excluding diaryl/α,β-unsaturated/α-hetero) is 1. The number of thiophene rings is 1. The maximum Gasteiger partial charge on any atom is 0.306 e. The molecule has 0 aliphatic heterocycles. The first-order chi connectivity index (χ1) is 10.3. The number of carbonyl (C=O) groups excluding carboxylic acids is 2. The van der Waals surface area contributed by atoms with Gasteiger partial charge in [0.2, 0.25) is 0 Å². The van der Waals surface area contributed by atoms with E-state index in [0.717, 1.165) is 10.4 Å². The lowest BCUT2D eigenvalue weighted by Gasteiger charge is -2.12. The molecule has 0 radical (unpaired) electrons. The highest BCUT2D eigenvalue weighted by Gasteiger charge is 2.18. The fourth-order valence-corrected chi connectivity index (χ4v) is 3.09. The summed E-state index contributed by atoms with van der Waals surface area (Å²) in [6, 6.07) is 0. The molecule has 0 aliphatic rings. The number of esters is 1. The van der Waals surface area contributed by atoms with Crippen molar-refractivity contribution in [3.05, 3.63) is 26.6 Å². The number of rotatable bonds is 5. The van der Waals surface area contributed by atoms with Crippen molar-refractivity contribution in [3.63, 3.8) is 0 Å². The topological polar surface area (TPSA) is 89.1 Å². The molecule has 2 rings (SSSR count). The molecule has 0 amide bonds. The first-order valence-electron chi connectivity index (χ1n) is 6.98. The number of carbonyl (C=O) groups is 2. The molecule has 0 bridgehead atoms. The van der Waals surface area contributed by atoms with E-state index in [4.69, 9.17) is 4.74 Å². The zero-order valence-electron chi connectivity index (χ0n) is 13.0. The molecule has 0 aromatic carbocycles. The van der Waals surface area contributed by atoms with Gasteiger partial charge in [-0.05, 0) is 33.3 Å². The lowest BCUT2D eigenvalue weighted by Crippen LogP contribution is -2.17. The van der Waals surface area contributed by atoms with Gasteiger partial charge in [-0.25, -0.2) is 4.98 Å². The van der Waals surface area contributed by atoms with Gasteiger partial charge < -0.3 is 14.5 Å². The molecule has 2 heterocycles. The third-order valence-corrected chi connectivity index (χ3v) is 4.53. The minimum Gasteiger partial charge on any atom is -0.454 e. The van der Waals surface area contributed by atoms with Gasteiger partial charge in [-0.3, -0.25) is 9.59 Å². The Morgan fingerprint density at radius 3 is 2.64 bits per heavy atom. The number of fused-ring (bicyclic) bond motifs is 1. The van der Waals surface area contributed by atoms with Gasteiger partial charge in [-0.1, -0.05) is 0 Å². The SMILES string of the molecule is CC(=O)CCC(=O)O[C@H](C)c1nc2sc(C)c(C)c2c(=O)[nH]1. The number of nitrogens with one attached hydrogen (secondary N) is 1. The monoisotopic (exact) mass is 322 g/mol. The van der Waals surface area contributed by atoms with Crippen LogP contribution in [0.2, 0.25) is 0 Å². The third kappa shape index (κ3) is 3.41. The number of nitrogens with zero attached hydrogens (tertiary/aromatic N) is 1. The molecule has 7 heteroatoms. The van der Waals surface area contributed by atoms with Crippen molar-refractivity contribution in [3.8, 4) is 0 Å². The Hall–Kier alpha value is -2.02. The predicted molar refractivity (Wildman–Crippen MR) is 84.1 cm³/mol. The Labute approximate surface area is 131 Å². The van der Waals surface area contributed by atoms with Gasteiger partial charge in [0.05, 0.1) is 11.8 Å². The summed E-state index contributed by atoms with van der Waals surface area (Å²) >= 11 is 1.44. The molecule has 0 spiro atoms. The molecular weight excluding hydrogens is 304 g/mol. The lowest BCUT2D eigenvalue weighted by molar-refractivity contribution is -0.149. The molecule has 0 saturated heterocycles. The summed E-state index contributed by atoms with van der Waals surface area (Å²) < 4.78 is 5.21. The van der Waals surface area contributed by atoms with Crippen molar-refractivity contribution in [2.75, 3.05) is 0 Å². The zero-order valence-corrected chi connectivity index (χ0v) is 13.8. The van der Waals surface area contributed by atoms with Crippen LogP contribution in [0.15, 0.2) is 4.79 Å². The highest BCUT2D eigenvalue weighted by Crippen LogP contribution is 2.26. The molecule has 6 nitrogen and oxygen atoms in total. The minimum absolute atomic E-state index is 0.0311.